The molecule has 118 valence electrons. The first kappa shape index (κ1) is 16.7. The maximum absolute atomic E-state index is 11.8. The molecule has 0 radical (unpaired) electrons. The van der Waals surface area contributed by atoms with Crippen LogP contribution in [0.25, 0.3) is 0 Å². The Morgan fingerprint density at radius 1 is 1.48 bits per heavy atom. The van der Waals surface area contributed by atoms with Crippen LogP contribution in [0.1, 0.15) is 52.9 Å². The lowest BCUT2D eigenvalue weighted by Gasteiger charge is -2.45. The largest absolute Gasteiger partial charge is 0.408 e. The lowest BCUT2D eigenvalue weighted by Crippen LogP contribution is -2.49. The molecule has 0 aromatic rings. The summed E-state index contributed by atoms with van der Waals surface area (Å²) in [5, 5.41) is 0.190. The summed E-state index contributed by atoms with van der Waals surface area (Å²) in [6.07, 6.45) is 8.66. The van der Waals surface area contributed by atoms with Gasteiger partial charge in [0.05, 0.1) is 5.60 Å². The van der Waals surface area contributed by atoms with Gasteiger partial charge in [-0.2, -0.15) is 0 Å². The van der Waals surface area contributed by atoms with Crippen LogP contribution in [0, 0.1) is 5.92 Å². The smallest absolute Gasteiger partial charge is 0.193 e. The van der Waals surface area contributed by atoms with Crippen LogP contribution >= 0.6 is 0 Å². The molecule has 0 heterocycles. The first-order valence-corrected chi connectivity index (χ1v) is 11.1. The summed E-state index contributed by atoms with van der Waals surface area (Å²) in [5.41, 5.74) is 1.09. The van der Waals surface area contributed by atoms with E-state index >= 15 is 0 Å². The van der Waals surface area contributed by atoms with Gasteiger partial charge in [0, 0.05) is 6.42 Å². The second kappa shape index (κ2) is 5.51. The number of rotatable bonds is 5. The molecule has 2 rings (SSSR count). The van der Waals surface area contributed by atoms with Crippen molar-refractivity contribution >= 4 is 14.1 Å². The van der Waals surface area contributed by atoms with Crippen LogP contribution in [-0.4, -0.2) is 19.7 Å². The lowest BCUT2D eigenvalue weighted by molar-refractivity contribution is -0.114. The van der Waals surface area contributed by atoms with E-state index in [1.807, 2.05) is 12.2 Å². The van der Waals surface area contributed by atoms with Crippen molar-refractivity contribution in [3.63, 3.8) is 0 Å². The Kier molecular flexibility index (Phi) is 4.38. The molecule has 0 aromatic carbocycles. The molecule has 0 unspecified atom stereocenters. The van der Waals surface area contributed by atoms with Crippen LogP contribution in [0.15, 0.2) is 24.3 Å². The zero-order chi connectivity index (χ0) is 15.9. The highest BCUT2D eigenvalue weighted by molar-refractivity contribution is 6.74. The number of carbonyl (C=O) groups excluding carboxylic acids is 1. The molecule has 0 saturated heterocycles. The molecule has 21 heavy (non-hydrogen) atoms. The highest BCUT2D eigenvalue weighted by Crippen LogP contribution is 2.53. The summed E-state index contributed by atoms with van der Waals surface area (Å²) in [6.45, 7) is 15.3. The molecule has 0 spiro atoms. The van der Waals surface area contributed by atoms with E-state index in [4.69, 9.17) is 4.43 Å². The summed E-state index contributed by atoms with van der Waals surface area (Å²) in [4.78, 5) is 11.8. The van der Waals surface area contributed by atoms with Crippen molar-refractivity contribution in [2.24, 2.45) is 5.92 Å². The third-order valence-corrected chi connectivity index (χ3v) is 10.1. The van der Waals surface area contributed by atoms with Crippen molar-refractivity contribution in [1.29, 1.82) is 0 Å². The van der Waals surface area contributed by atoms with Crippen molar-refractivity contribution in [3.8, 4) is 0 Å². The monoisotopic (exact) mass is 306 g/mol. The number of carbonyl (C=O) groups is 1. The minimum Gasteiger partial charge on any atom is -0.408 e. The highest BCUT2D eigenvalue weighted by Gasteiger charge is 2.52. The molecule has 2 aliphatic rings. The highest BCUT2D eigenvalue weighted by atomic mass is 28.4. The Labute approximate surface area is 130 Å². The van der Waals surface area contributed by atoms with Crippen LogP contribution in [-0.2, 0) is 9.22 Å². The van der Waals surface area contributed by atoms with E-state index in [2.05, 4.69) is 40.4 Å². The predicted octanol–water partition coefficient (Wildman–Crippen LogP) is 5.02. The normalized spacial score (nSPS) is 29.5. The van der Waals surface area contributed by atoms with Crippen LogP contribution in [0.4, 0.5) is 0 Å². The molecule has 2 aliphatic carbocycles. The third kappa shape index (κ3) is 3.09. The van der Waals surface area contributed by atoms with Crippen molar-refractivity contribution in [3.05, 3.63) is 24.3 Å². The van der Waals surface area contributed by atoms with Gasteiger partial charge in [0.25, 0.3) is 0 Å². The molecule has 1 saturated carbocycles. The summed E-state index contributed by atoms with van der Waals surface area (Å²) in [6, 6.07) is 0. The summed E-state index contributed by atoms with van der Waals surface area (Å²) >= 11 is 0. The van der Waals surface area contributed by atoms with Crippen LogP contribution in [0.3, 0.4) is 0 Å². The molecule has 3 heteroatoms. The molecule has 0 aromatic heterocycles. The van der Waals surface area contributed by atoms with E-state index in [-0.39, 0.29) is 16.4 Å². The molecule has 2 nitrogen and oxygen atoms in total. The third-order valence-electron chi connectivity index (χ3n) is 5.64. The molecule has 0 N–H and O–H groups in total. The zero-order valence-electron chi connectivity index (χ0n) is 14.3. The van der Waals surface area contributed by atoms with Gasteiger partial charge in [-0.25, -0.2) is 0 Å². The van der Waals surface area contributed by atoms with E-state index in [9.17, 15) is 4.79 Å². The van der Waals surface area contributed by atoms with Gasteiger partial charge < -0.3 is 4.43 Å². The quantitative estimate of drug-likeness (QED) is 0.526. The SMILES string of the molecule is C=CCC[C@@]1(O[Si](C)(C)C(C)(C)C)CC[C@H]2CC(=O)C=C21. The fourth-order valence-corrected chi connectivity index (χ4v) is 5.03. The van der Waals surface area contributed by atoms with Crippen molar-refractivity contribution in [2.75, 3.05) is 0 Å². The number of allylic oxidation sites excluding steroid dienone is 2. The Morgan fingerprint density at radius 3 is 2.71 bits per heavy atom. The van der Waals surface area contributed by atoms with Gasteiger partial charge in [-0.1, -0.05) is 26.8 Å². The number of fused-ring (bicyclic) bond motifs is 1. The lowest BCUT2D eigenvalue weighted by atomic mass is 9.90. The van der Waals surface area contributed by atoms with Crippen molar-refractivity contribution < 1.29 is 9.22 Å². The Bertz CT molecular complexity index is 470. The summed E-state index contributed by atoms with van der Waals surface area (Å²) < 4.78 is 6.89. The predicted molar refractivity (Wildman–Crippen MR) is 90.9 cm³/mol. The topological polar surface area (TPSA) is 26.3 Å². The second-order valence-corrected chi connectivity index (χ2v) is 12.9. The minimum absolute atomic E-state index is 0.190. The first-order valence-electron chi connectivity index (χ1n) is 8.17. The van der Waals surface area contributed by atoms with Gasteiger partial charge in [0.15, 0.2) is 14.1 Å². The van der Waals surface area contributed by atoms with E-state index < -0.39 is 8.32 Å². The first-order chi connectivity index (χ1) is 9.61. The second-order valence-electron chi connectivity index (χ2n) is 8.19. The number of ketones is 1. The van der Waals surface area contributed by atoms with Crippen molar-refractivity contribution in [1.82, 2.24) is 0 Å². The minimum atomic E-state index is -1.86. The van der Waals surface area contributed by atoms with E-state index in [1.54, 1.807) is 0 Å². The fraction of sp³-hybridized carbons (Fsp3) is 0.722. The maximum Gasteiger partial charge on any atom is 0.193 e. The number of hydrogen-bond donors (Lipinski definition) is 0. The molecule has 0 amide bonds. The van der Waals surface area contributed by atoms with E-state index in [0.717, 1.165) is 25.7 Å². The number of hydrogen-bond acceptors (Lipinski definition) is 2. The standard InChI is InChI=1S/C18H30O2Si/c1-7-8-10-18(20-21(5,6)17(2,3)4)11-9-14-12-15(19)13-16(14)18/h7,13-14H,1,8-12H2,2-6H3/t14-,18+/m0/s1. The van der Waals surface area contributed by atoms with Gasteiger partial charge >= 0.3 is 0 Å². The van der Waals surface area contributed by atoms with Crippen molar-refractivity contribution in [2.45, 2.75) is 76.6 Å². The van der Waals surface area contributed by atoms with E-state index in [1.165, 1.54) is 5.57 Å². The van der Waals surface area contributed by atoms with Gasteiger partial charge in [0.1, 0.15) is 0 Å². The van der Waals surface area contributed by atoms with Crippen LogP contribution in [0.5, 0.6) is 0 Å². The average Bonchev–Trinajstić information content (AvgIpc) is 2.85. The molecule has 0 bridgehead atoms. The summed E-state index contributed by atoms with van der Waals surface area (Å²) in [5.74, 6) is 0.726. The van der Waals surface area contributed by atoms with Gasteiger partial charge in [-0.15, -0.1) is 6.58 Å². The van der Waals surface area contributed by atoms with Gasteiger partial charge in [0.2, 0.25) is 0 Å². The zero-order valence-corrected chi connectivity index (χ0v) is 15.3. The van der Waals surface area contributed by atoms with Crippen LogP contribution in [0.2, 0.25) is 18.1 Å². The van der Waals surface area contributed by atoms with Gasteiger partial charge in [-0.05, 0) is 61.4 Å². The average molecular weight is 307 g/mol. The Hall–Kier alpha value is -0.673. The van der Waals surface area contributed by atoms with Crippen LogP contribution < -0.4 is 0 Å². The molecule has 2 atom stereocenters. The molecule has 1 fully saturated rings. The molecule has 0 aliphatic heterocycles. The Balaban J connectivity index is 2.33. The fourth-order valence-electron chi connectivity index (χ4n) is 3.42. The molecular weight excluding hydrogens is 276 g/mol. The van der Waals surface area contributed by atoms with E-state index in [0.29, 0.717) is 12.3 Å². The molecular formula is C18H30O2Si. The summed E-state index contributed by atoms with van der Waals surface area (Å²) in [7, 11) is -1.86. The Morgan fingerprint density at radius 2 is 2.14 bits per heavy atom. The maximum atomic E-state index is 11.8. The van der Waals surface area contributed by atoms with Gasteiger partial charge in [-0.3, -0.25) is 4.79 Å².